The van der Waals surface area contributed by atoms with Crippen molar-refractivity contribution < 1.29 is 14.3 Å². The lowest BCUT2D eigenvalue weighted by Crippen LogP contribution is -2.50. The summed E-state index contributed by atoms with van der Waals surface area (Å²) in [5, 5.41) is 6.60. The summed E-state index contributed by atoms with van der Waals surface area (Å²) >= 11 is 6.00. The minimum atomic E-state index is -0.520. The van der Waals surface area contributed by atoms with Crippen LogP contribution in [0.2, 0.25) is 5.02 Å². The van der Waals surface area contributed by atoms with Crippen molar-refractivity contribution in [2.75, 3.05) is 18.4 Å². The van der Waals surface area contributed by atoms with Gasteiger partial charge in [-0.05, 0) is 48.7 Å². The number of halogens is 1. The molecule has 0 spiro atoms. The lowest BCUT2D eigenvalue weighted by Gasteiger charge is -2.32. The zero-order valence-electron chi connectivity index (χ0n) is 15.4. The van der Waals surface area contributed by atoms with Gasteiger partial charge in [-0.15, -0.1) is 0 Å². The van der Waals surface area contributed by atoms with E-state index in [2.05, 4.69) is 10.6 Å². The Bertz CT molecular complexity index is 866. The SMILES string of the molecule is O=C(NC1CCN(C(=O)Nc2ccccc2)CC1)[C@@H]1Cc2cc(Cl)ccc2O1. The van der Waals surface area contributed by atoms with Gasteiger partial charge in [0.25, 0.3) is 5.91 Å². The molecular weight excluding hydrogens is 378 g/mol. The molecule has 1 atom stereocenters. The average Bonchev–Trinajstić information content (AvgIpc) is 3.12. The fraction of sp³-hybridized carbons (Fsp3) is 0.333. The molecule has 0 aliphatic carbocycles. The highest BCUT2D eigenvalue weighted by atomic mass is 35.5. The second kappa shape index (κ2) is 8.10. The van der Waals surface area contributed by atoms with Crippen molar-refractivity contribution in [2.24, 2.45) is 0 Å². The third kappa shape index (κ3) is 4.22. The highest BCUT2D eigenvalue weighted by molar-refractivity contribution is 6.30. The molecule has 146 valence electrons. The van der Waals surface area contributed by atoms with Gasteiger partial charge in [-0.3, -0.25) is 4.79 Å². The average molecular weight is 400 g/mol. The highest BCUT2D eigenvalue weighted by Gasteiger charge is 2.31. The molecule has 2 aliphatic heterocycles. The quantitative estimate of drug-likeness (QED) is 0.830. The summed E-state index contributed by atoms with van der Waals surface area (Å²) in [6, 6.07) is 14.7. The first kappa shape index (κ1) is 18.6. The lowest BCUT2D eigenvalue weighted by molar-refractivity contribution is -0.128. The third-order valence-corrected chi connectivity index (χ3v) is 5.38. The largest absolute Gasteiger partial charge is 0.480 e. The first-order chi connectivity index (χ1) is 13.6. The third-order valence-electron chi connectivity index (χ3n) is 5.14. The number of nitrogens with zero attached hydrogens (tertiary/aromatic N) is 1. The molecule has 7 heteroatoms. The molecule has 1 fully saturated rings. The van der Waals surface area contributed by atoms with E-state index < -0.39 is 6.10 Å². The second-order valence-corrected chi connectivity index (χ2v) is 7.57. The zero-order valence-corrected chi connectivity index (χ0v) is 16.1. The van der Waals surface area contributed by atoms with Gasteiger partial charge in [0.15, 0.2) is 6.10 Å². The Morgan fingerprint density at radius 1 is 1.07 bits per heavy atom. The summed E-state index contributed by atoms with van der Waals surface area (Å²) in [6.45, 7) is 1.20. The summed E-state index contributed by atoms with van der Waals surface area (Å²) in [5.74, 6) is 0.608. The van der Waals surface area contributed by atoms with E-state index in [-0.39, 0.29) is 18.0 Å². The topological polar surface area (TPSA) is 70.7 Å². The number of amides is 3. The van der Waals surface area contributed by atoms with Crippen molar-refractivity contribution in [3.8, 4) is 5.75 Å². The minimum Gasteiger partial charge on any atom is -0.480 e. The second-order valence-electron chi connectivity index (χ2n) is 7.13. The monoisotopic (exact) mass is 399 g/mol. The van der Waals surface area contributed by atoms with Crippen molar-refractivity contribution in [1.82, 2.24) is 10.2 Å². The first-order valence-corrected chi connectivity index (χ1v) is 9.83. The van der Waals surface area contributed by atoms with Gasteiger partial charge in [-0.25, -0.2) is 4.79 Å². The fourth-order valence-electron chi connectivity index (χ4n) is 3.61. The van der Waals surface area contributed by atoms with Crippen LogP contribution < -0.4 is 15.4 Å². The Labute approximate surface area is 168 Å². The number of ether oxygens (including phenoxy) is 1. The van der Waals surface area contributed by atoms with Crippen molar-refractivity contribution >= 4 is 29.2 Å². The van der Waals surface area contributed by atoms with E-state index in [0.717, 1.165) is 29.8 Å². The number of anilines is 1. The summed E-state index contributed by atoms with van der Waals surface area (Å²) < 4.78 is 5.75. The number of likely N-dealkylation sites (tertiary alicyclic amines) is 1. The van der Waals surface area contributed by atoms with Crippen LogP contribution in [0, 0.1) is 0 Å². The maximum absolute atomic E-state index is 12.6. The molecule has 0 aromatic heterocycles. The van der Waals surface area contributed by atoms with E-state index in [1.54, 1.807) is 17.0 Å². The van der Waals surface area contributed by atoms with Crippen LogP contribution in [-0.2, 0) is 11.2 Å². The predicted octanol–water partition coefficient (Wildman–Crippen LogP) is 3.46. The number of para-hydroxylation sites is 1. The number of urea groups is 1. The van der Waals surface area contributed by atoms with Crippen molar-refractivity contribution in [3.05, 3.63) is 59.1 Å². The maximum Gasteiger partial charge on any atom is 0.321 e. The molecule has 2 aromatic carbocycles. The molecule has 4 rings (SSSR count). The van der Waals surface area contributed by atoms with Crippen LogP contribution in [0.15, 0.2) is 48.5 Å². The van der Waals surface area contributed by atoms with Gasteiger partial charge in [-0.2, -0.15) is 0 Å². The Balaban J connectivity index is 1.24. The molecule has 2 N–H and O–H groups in total. The van der Waals surface area contributed by atoms with Gasteiger partial charge in [0.1, 0.15) is 5.75 Å². The molecule has 3 amide bonds. The number of carbonyl (C=O) groups excluding carboxylic acids is 2. The molecule has 1 saturated heterocycles. The number of piperidine rings is 1. The van der Waals surface area contributed by atoms with Gasteiger partial charge in [0, 0.05) is 36.3 Å². The molecule has 0 unspecified atom stereocenters. The Morgan fingerprint density at radius 2 is 1.82 bits per heavy atom. The van der Waals surface area contributed by atoms with Gasteiger partial charge in [0.05, 0.1) is 0 Å². The highest BCUT2D eigenvalue weighted by Crippen LogP contribution is 2.31. The van der Waals surface area contributed by atoms with Crippen LogP contribution in [0.25, 0.3) is 0 Å². The van der Waals surface area contributed by atoms with E-state index in [4.69, 9.17) is 16.3 Å². The molecule has 2 aliphatic rings. The smallest absolute Gasteiger partial charge is 0.321 e. The molecule has 0 bridgehead atoms. The number of nitrogens with one attached hydrogen (secondary N) is 2. The first-order valence-electron chi connectivity index (χ1n) is 9.45. The number of hydrogen-bond acceptors (Lipinski definition) is 3. The summed E-state index contributed by atoms with van der Waals surface area (Å²) in [7, 11) is 0. The van der Waals surface area contributed by atoms with Gasteiger partial charge in [0.2, 0.25) is 0 Å². The molecule has 28 heavy (non-hydrogen) atoms. The molecule has 2 aromatic rings. The van der Waals surface area contributed by atoms with Crippen molar-refractivity contribution in [2.45, 2.75) is 31.4 Å². The van der Waals surface area contributed by atoms with Gasteiger partial charge < -0.3 is 20.3 Å². The van der Waals surface area contributed by atoms with Crippen molar-refractivity contribution in [3.63, 3.8) is 0 Å². The van der Waals surface area contributed by atoms with Crippen LogP contribution in [0.1, 0.15) is 18.4 Å². The van der Waals surface area contributed by atoms with Crippen LogP contribution in [-0.4, -0.2) is 42.1 Å². The standard InChI is InChI=1S/C21H22ClN3O3/c22-15-6-7-18-14(12-15)13-19(28-18)20(26)23-17-8-10-25(11-9-17)21(27)24-16-4-2-1-3-5-16/h1-7,12,17,19H,8-11,13H2,(H,23,26)(H,24,27)/t19-/m0/s1. The molecule has 6 nitrogen and oxygen atoms in total. The van der Waals surface area contributed by atoms with E-state index in [1.807, 2.05) is 36.4 Å². The molecule has 0 radical (unpaired) electrons. The van der Waals surface area contributed by atoms with Crippen LogP contribution >= 0.6 is 11.6 Å². The van der Waals surface area contributed by atoms with Crippen LogP contribution in [0.3, 0.4) is 0 Å². The Hall–Kier alpha value is -2.73. The molecular formula is C21H22ClN3O3. The fourth-order valence-corrected chi connectivity index (χ4v) is 3.80. The van der Waals surface area contributed by atoms with Crippen LogP contribution in [0.5, 0.6) is 5.75 Å². The maximum atomic E-state index is 12.6. The van der Waals surface area contributed by atoms with Gasteiger partial charge >= 0.3 is 6.03 Å². The summed E-state index contributed by atoms with van der Waals surface area (Å²) in [5.41, 5.74) is 1.74. The number of hydrogen-bond donors (Lipinski definition) is 2. The Kier molecular flexibility index (Phi) is 5.39. The minimum absolute atomic E-state index is 0.0455. The predicted molar refractivity (Wildman–Crippen MR) is 108 cm³/mol. The number of carbonyl (C=O) groups is 2. The van der Waals surface area contributed by atoms with E-state index >= 15 is 0 Å². The zero-order chi connectivity index (χ0) is 19.5. The van der Waals surface area contributed by atoms with Crippen LogP contribution in [0.4, 0.5) is 10.5 Å². The molecule has 2 heterocycles. The van der Waals surface area contributed by atoms with Crippen molar-refractivity contribution in [1.29, 1.82) is 0 Å². The Morgan fingerprint density at radius 3 is 2.57 bits per heavy atom. The summed E-state index contributed by atoms with van der Waals surface area (Å²) in [6.07, 6.45) is 1.45. The van der Waals surface area contributed by atoms with E-state index in [9.17, 15) is 9.59 Å². The number of rotatable bonds is 3. The van der Waals surface area contributed by atoms with E-state index in [1.165, 1.54) is 0 Å². The summed E-state index contributed by atoms with van der Waals surface area (Å²) in [4.78, 5) is 26.7. The number of fused-ring (bicyclic) bond motifs is 1. The normalized spacial score (nSPS) is 18.9. The van der Waals surface area contributed by atoms with E-state index in [0.29, 0.717) is 24.5 Å². The molecule has 0 saturated carbocycles. The lowest BCUT2D eigenvalue weighted by atomic mass is 10.0. The number of benzene rings is 2. The van der Waals surface area contributed by atoms with Gasteiger partial charge in [-0.1, -0.05) is 29.8 Å².